The summed E-state index contributed by atoms with van der Waals surface area (Å²) >= 11 is 0. The first kappa shape index (κ1) is 25.2. The van der Waals surface area contributed by atoms with Crippen molar-refractivity contribution in [2.24, 2.45) is 11.8 Å². The summed E-state index contributed by atoms with van der Waals surface area (Å²) in [5.74, 6) is 2.59. The summed E-state index contributed by atoms with van der Waals surface area (Å²) in [4.78, 5) is 13.9. The Balaban J connectivity index is 1.58. The first-order chi connectivity index (χ1) is 16.4. The van der Waals surface area contributed by atoms with Crippen molar-refractivity contribution in [1.29, 1.82) is 0 Å². The van der Waals surface area contributed by atoms with E-state index < -0.39 is 0 Å². The molecule has 1 nitrogen and oxygen atoms in total. The third-order valence-corrected chi connectivity index (χ3v) is 8.98. The van der Waals surface area contributed by atoms with Crippen molar-refractivity contribution in [3.05, 3.63) is 69.8 Å². The number of Topliss-reactive ketones (excluding diaryl/α,β-unsaturated/α-hetero) is 1. The number of ketones is 1. The highest BCUT2D eigenvalue weighted by Gasteiger charge is 2.32. The topological polar surface area (TPSA) is 17.1 Å². The number of benzene rings is 2. The summed E-state index contributed by atoms with van der Waals surface area (Å²) in [5.41, 5.74) is 8.27. The van der Waals surface area contributed by atoms with Gasteiger partial charge in [0.25, 0.3) is 0 Å². The van der Waals surface area contributed by atoms with E-state index in [1.54, 1.807) is 0 Å². The monoisotopic (exact) mass is 458 g/mol. The maximum Gasteiger partial charge on any atom is 0.134 e. The van der Waals surface area contributed by atoms with Gasteiger partial charge >= 0.3 is 0 Å². The van der Waals surface area contributed by atoms with Crippen LogP contribution in [0.1, 0.15) is 122 Å². The van der Waals surface area contributed by atoms with Gasteiger partial charge in [-0.15, -0.1) is 0 Å². The Bertz CT molecular complexity index is 881. The molecule has 2 saturated carbocycles. The van der Waals surface area contributed by atoms with Crippen LogP contribution in [0, 0.1) is 39.5 Å². The molecule has 0 N–H and O–H groups in total. The molecule has 0 saturated heterocycles. The third kappa shape index (κ3) is 6.21. The molecule has 0 radical (unpaired) electrons. The molecule has 1 heteroatoms. The van der Waals surface area contributed by atoms with Crippen LogP contribution in [0.15, 0.2) is 36.4 Å². The normalized spacial score (nSPS) is 19.6. The number of hydrogen-bond donors (Lipinski definition) is 0. The van der Waals surface area contributed by atoms with Crippen LogP contribution < -0.4 is 0 Å². The number of rotatable bonds is 8. The average Bonchev–Trinajstić information content (AvgIpc) is 2.83. The Morgan fingerprint density at radius 2 is 1.03 bits per heavy atom. The minimum Gasteiger partial charge on any atom is -0.300 e. The van der Waals surface area contributed by atoms with Crippen LogP contribution in [0.4, 0.5) is 0 Å². The van der Waals surface area contributed by atoms with E-state index in [0.717, 1.165) is 12.8 Å². The van der Waals surface area contributed by atoms with Crippen molar-refractivity contribution in [2.45, 2.75) is 117 Å². The predicted octanol–water partition coefficient (Wildman–Crippen LogP) is 9.30. The van der Waals surface area contributed by atoms with Gasteiger partial charge in [-0.05, 0) is 99.3 Å². The molecule has 0 heterocycles. The van der Waals surface area contributed by atoms with Crippen molar-refractivity contribution in [3.8, 4) is 0 Å². The number of carbonyl (C=O) groups excluding carboxylic acids is 1. The first-order valence-electron chi connectivity index (χ1n) is 14.1. The number of carbonyl (C=O) groups is 1. The second kappa shape index (κ2) is 11.7. The minimum absolute atomic E-state index is 0.388. The largest absolute Gasteiger partial charge is 0.300 e. The highest BCUT2D eigenvalue weighted by molar-refractivity contribution is 5.80. The summed E-state index contributed by atoms with van der Waals surface area (Å²) in [5, 5.41) is 0. The molecule has 2 atom stereocenters. The number of hydrogen-bond acceptors (Lipinski definition) is 1. The van der Waals surface area contributed by atoms with Crippen molar-refractivity contribution in [1.82, 2.24) is 0 Å². The Hall–Kier alpha value is -1.89. The van der Waals surface area contributed by atoms with E-state index in [0.29, 0.717) is 29.5 Å². The molecule has 0 bridgehead atoms. The summed E-state index contributed by atoms with van der Waals surface area (Å²) in [6.45, 7) is 8.86. The molecule has 34 heavy (non-hydrogen) atoms. The van der Waals surface area contributed by atoms with Crippen molar-refractivity contribution in [2.75, 3.05) is 0 Å². The van der Waals surface area contributed by atoms with Crippen molar-refractivity contribution < 1.29 is 4.79 Å². The Morgan fingerprint density at radius 3 is 1.38 bits per heavy atom. The molecule has 0 amide bonds. The van der Waals surface area contributed by atoms with Crippen LogP contribution in [-0.2, 0) is 4.79 Å². The van der Waals surface area contributed by atoms with Crippen LogP contribution in [-0.4, -0.2) is 5.78 Å². The van der Waals surface area contributed by atoms with Gasteiger partial charge in [-0.3, -0.25) is 4.79 Å². The lowest BCUT2D eigenvalue weighted by atomic mass is 9.70. The molecule has 2 aromatic rings. The summed E-state index contributed by atoms with van der Waals surface area (Å²) in [7, 11) is 0. The second-order valence-electron chi connectivity index (χ2n) is 11.7. The second-order valence-corrected chi connectivity index (χ2v) is 11.7. The molecule has 2 aliphatic rings. The maximum atomic E-state index is 13.9. The molecule has 0 spiro atoms. The van der Waals surface area contributed by atoms with Crippen LogP contribution in [0.2, 0.25) is 0 Å². The van der Waals surface area contributed by atoms with E-state index in [4.69, 9.17) is 0 Å². The molecule has 0 unspecified atom stereocenters. The van der Waals surface area contributed by atoms with Gasteiger partial charge in [0.2, 0.25) is 0 Å². The Kier molecular flexibility index (Phi) is 8.67. The molecule has 0 aromatic heterocycles. The van der Waals surface area contributed by atoms with Crippen LogP contribution in [0.3, 0.4) is 0 Å². The lowest BCUT2D eigenvalue weighted by Gasteiger charge is -2.34. The SMILES string of the molecule is Cc1ccc([C@H](CC(=O)C[C@@H](c2ccc(C)cc2C)C2CCCCC2)C2CCCCC2)c(C)c1. The zero-order valence-electron chi connectivity index (χ0n) is 22.2. The number of aryl methyl sites for hydroxylation is 4. The first-order valence-corrected chi connectivity index (χ1v) is 14.1. The lowest BCUT2D eigenvalue weighted by molar-refractivity contribution is -0.120. The van der Waals surface area contributed by atoms with E-state index in [2.05, 4.69) is 64.1 Å². The van der Waals surface area contributed by atoms with E-state index >= 15 is 0 Å². The molecule has 4 rings (SSSR count). The van der Waals surface area contributed by atoms with E-state index in [1.807, 2.05) is 0 Å². The summed E-state index contributed by atoms with van der Waals surface area (Å²) in [6.07, 6.45) is 14.6. The van der Waals surface area contributed by atoms with Crippen LogP contribution in [0.5, 0.6) is 0 Å². The Morgan fingerprint density at radius 1 is 0.647 bits per heavy atom. The highest BCUT2D eigenvalue weighted by Crippen LogP contribution is 2.43. The lowest BCUT2D eigenvalue weighted by Crippen LogP contribution is -2.24. The fourth-order valence-electron chi connectivity index (χ4n) is 7.19. The Labute approximate surface area is 208 Å². The van der Waals surface area contributed by atoms with Gasteiger partial charge in [0, 0.05) is 12.8 Å². The molecule has 2 aromatic carbocycles. The van der Waals surface area contributed by atoms with E-state index in [9.17, 15) is 4.79 Å². The zero-order chi connectivity index (χ0) is 24.1. The molecule has 0 aliphatic heterocycles. The van der Waals surface area contributed by atoms with Crippen molar-refractivity contribution >= 4 is 5.78 Å². The third-order valence-electron chi connectivity index (χ3n) is 8.98. The maximum absolute atomic E-state index is 13.9. The highest BCUT2D eigenvalue weighted by atomic mass is 16.1. The van der Waals surface area contributed by atoms with Gasteiger partial charge < -0.3 is 0 Å². The molecule has 184 valence electrons. The average molecular weight is 459 g/mol. The molecular weight excluding hydrogens is 412 g/mol. The quantitative estimate of drug-likeness (QED) is 0.385. The predicted molar refractivity (Wildman–Crippen MR) is 145 cm³/mol. The molecule has 2 aliphatic carbocycles. The van der Waals surface area contributed by atoms with Crippen LogP contribution >= 0.6 is 0 Å². The van der Waals surface area contributed by atoms with E-state index in [1.165, 1.54) is 97.6 Å². The van der Waals surface area contributed by atoms with Gasteiger partial charge in [-0.2, -0.15) is 0 Å². The summed E-state index contributed by atoms with van der Waals surface area (Å²) in [6, 6.07) is 13.8. The van der Waals surface area contributed by atoms with Gasteiger partial charge in [-0.1, -0.05) is 86.1 Å². The van der Waals surface area contributed by atoms with Crippen molar-refractivity contribution in [3.63, 3.8) is 0 Å². The molecular formula is C33H46O. The van der Waals surface area contributed by atoms with Crippen LogP contribution in [0.25, 0.3) is 0 Å². The fraction of sp³-hybridized carbons (Fsp3) is 0.606. The molecule has 2 fully saturated rings. The standard InChI is InChI=1S/C33H46O/c1-23-15-17-30(25(3)19-23)32(27-11-7-5-8-12-27)21-29(34)22-33(28-13-9-6-10-14-28)31-18-16-24(2)20-26(31)4/h15-20,27-28,32-33H,5-14,21-22H2,1-4H3/t32-,33-/m1/s1. The van der Waals surface area contributed by atoms with Gasteiger partial charge in [-0.25, -0.2) is 0 Å². The summed E-state index contributed by atoms with van der Waals surface area (Å²) < 4.78 is 0. The van der Waals surface area contributed by atoms with Gasteiger partial charge in [0.1, 0.15) is 5.78 Å². The fourth-order valence-corrected chi connectivity index (χ4v) is 7.19. The zero-order valence-corrected chi connectivity index (χ0v) is 22.2. The van der Waals surface area contributed by atoms with E-state index in [-0.39, 0.29) is 0 Å². The van der Waals surface area contributed by atoms with Gasteiger partial charge in [0.05, 0.1) is 0 Å². The van der Waals surface area contributed by atoms with Gasteiger partial charge in [0.15, 0.2) is 0 Å². The minimum atomic E-state index is 0.388. The smallest absolute Gasteiger partial charge is 0.134 e.